The summed E-state index contributed by atoms with van der Waals surface area (Å²) in [6.45, 7) is 3.54. The normalized spacial score (nSPS) is 21.2. The molecule has 1 saturated heterocycles. The maximum absolute atomic E-state index is 12.6. The lowest BCUT2D eigenvalue weighted by Crippen LogP contribution is -2.38. The number of carbonyl (C=O) groups excluding carboxylic acids is 1. The van der Waals surface area contributed by atoms with Gasteiger partial charge in [0.1, 0.15) is 6.10 Å². The Morgan fingerprint density at radius 2 is 2.09 bits per heavy atom. The zero-order chi connectivity index (χ0) is 15.6. The van der Waals surface area contributed by atoms with Crippen LogP contribution in [0.5, 0.6) is 0 Å². The average Bonchev–Trinajstić information content (AvgIpc) is 3.29. The average molecular weight is 315 g/mol. The molecule has 1 atom stereocenters. The van der Waals surface area contributed by atoms with Crippen molar-refractivity contribution in [1.82, 2.24) is 24.2 Å². The number of amides is 1. The quantitative estimate of drug-likeness (QED) is 0.849. The smallest absolute Gasteiger partial charge is 0.252 e. The Labute approximate surface area is 134 Å². The molecule has 4 rings (SSSR count). The molecule has 7 heteroatoms. The summed E-state index contributed by atoms with van der Waals surface area (Å²) in [5, 5.41) is 8.65. The lowest BCUT2D eigenvalue weighted by molar-refractivity contribution is -0.141. The molecule has 4 heterocycles. The van der Waals surface area contributed by atoms with Crippen LogP contribution in [-0.2, 0) is 29.2 Å². The lowest BCUT2D eigenvalue weighted by atomic mass is 10.2. The van der Waals surface area contributed by atoms with E-state index >= 15 is 0 Å². The first-order chi connectivity index (χ1) is 11.3. The van der Waals surface area contributed by atoms with Crippen LogP contribution in [0, 0.1) is 0 Å². The fraction of sp³-hybridized carbons (Fsp3) is 0.562. The second kappa shape index (κ2) is 6.16. The van der Waals surface area contributed by atoms with Gasteiger partial charge in [0.25, 0.3) is 5.91 Å². The Morgan fingerprint density at radius 3 is 2.87 bits per heavy atom. The summed E-state index contributed by atoms with van der Waals surface area (Å²) >= 11 is 0. The molecule has 1 amide bonds. The first-order valence-electron chi connectivity index (χ1n) is 8.23. The Bertz CT molecular complexity index is 673. The fourth-order valence-corrected chi connectivity index (χ4v) is 3.34. The molecule has 0 saturated carbocycles. The third-order valence-electron chi connectivity index (χ3n) is 4.55. The topological polar surface area (TPSA) is 65.2 Å². The van der Waals surface area contributed by atoms with Gasteiger partial charge in [-0.15, -0.1) is 10.2 Å². The SMILES string of the molecule is O=C([C@@H]1CCCO1)N1CCCn2c(nnc2Cn2cccc2)C1. The summed E-state index contributed by atoms with van der Waals surface area (Å²) < 4.78 is 9.77. The molecule has 0 radical (unpaired) electrons. The van der Waals surface area contributed by atoms with Crippen LogP contribution in [0.4, 0.5) is 0 Å². The Kier molecular flexibility index (Phi) is 3.87. The van der Waals surface area contributed by atoms with E-state index in [0.29, 0.717) is 19.7 Å². The molecule has 1 fully saturated rings. The van der Waals surface area contributed by atoms with E-state index in [9.17, 15) is 4.79 Å². The molecule has 0 aliphatic carbocycles. The highest BCUT2D eigenvalue weighted by atomic mass is 16.5. The van der Waals surface area contributed by atoms with E-state index in [0.717, 1.165) is 44.0 Å². The third-order valence-corrected chi connectivity index (χ3v) is 4.55. The van der Waals surface area contributed by atoms with Crippen LogP contribution >= 0.6 is 0 Å². The summed E-state index contributed by atoms with van der Waals surface area (Å²) in [6, 6.07) is 4.00. The van der Waals surface area contributed by atoms with Gasteiger partial charge in [0.15, 0.2) is 11.6 Å². The van der Waals surface area contributed by atoms with Crippen LogP contribution in [0.2, 0.25) is 0 Å². The molecule has 0 spiro atoms. The summed E-state index contributed by atoms with van der Waals surface area (Å²) in [4.78, 5) is 14.4. The molecule has 23 heavy (non-hydrogen) atoms. The third kappa shape index (κ3) is 2.88. The van der Waals surface area contributed by atoms with Crippen LogP contribution in [0.3, 0.4) is 0 Å². The second-order valence-corrected chi connectivity index (χ2v) is 6.15. The summed E-state index contributed by atoms with van der Waals surface area (Å²) in [6.07, 6.45) is 6.51. The summed E-state index contributed by atoms with van der Waals surface area (Å²) in [5.74, 6) is 1.92. The zero-order valence-electron chi connectivity index (χ0n) is 13.1. The number of rotatable bonds is 3. The van der Waals surface area contributed by atoms with Crippen molar-refractivity contribution in [3.05, 3.63) is 36.2 Å². The van der Waals surface area contributed by atoms with Crippen LogP contribution in [0.1, 0.15) is 30.9 Å². The van der Waals surface area contributed by atoms with Gasteiger partial charge >= 0.3 is 0 Å². The second-order valence-electron chi connectivity index (χ2n) is 6.15. The van der Waals surface area contributed by atoms with E-state index in [1.165, 1.54) is 0 Å². The molecule has 2 aromatic rings. The minimum absolute atomic E-state index is 0.103. The monoisotopic (exact) mass is 315 g/mol. The first kappa shape index (κ1) is 14.4. The molecule has 2 aromatic heterocycles. The van der Waals surface area contributed by atoms with Gasteiger partial charge in [0, 0.05) is 32.1 Å². The Morgan fingerprint density at radius 1 is 1.22 bits per heavy atom. The number of nitrogens with zero attached hydrogens (tertiary/aromatic N) is 5. The van der Waals surface area contributed by atoms with Crippen LogP contribution < -0.4 is 0 Å². The van der Waals surface area contributed by atoms with E-state index in [1.807, 2.05) is 29.4 Å². The molecular formula is C16H21N5O2. The van der Waals surface area contributed by atoms with Crippen LogP contribution in [0.25, 0.3) is 0 Å². The van der Waals surface area contributed by atoms with Gasteiger partial charge in [-0.05, 0) is 31.4 Å². The molecule has 0 N–H and O–H groups in total. The highest BCUT2D eigenvalue weighted by Crippen LogP contribution is 2.19. The van der Waals surface area contributed by atoms with Gasteiger partial charge in [-0.3, -0.25) is 4.79 Å². The fourth-order valence-electron chi connectivity index (χ4n) is 3.34. The number of aromatic nitrogens is 4. The number of hydrogen-bond acceptors (Lipinski definition) is 4. The lowest BCUT2D eigenvalue weighted by Gasteiger charge is -2.22. The maximum Gasteiger partial charge on any atom is 0.252 e. The number of fused-ring (bicyclic) bond motifs is 1. The summed E-state index contributed by atoms with van der Waals surface area (Å²) in [7, 11) is 0. The van der Waals surface area contributed by atoms with Crippen molar-refractivity contribution < 1.29 is 9.53 Å². The van der Waals surface area contributed by atoms with Crippen LogP contribution in [0.15, 0.2) is 24.5 Å². The van der Waals surface area contributed by atoms with Gasteiger partial charge in [-0.25, -0.2) is 0 Å². The molecule has 122 valence electrons. The molecule has 2 aliphatic heterocycles. The largest absolute Gasteiger partial charge is 0.368 e. The van der Waals surface area contributed by atoms with Crippen molar-refractivity contribution >= 4 is 5.91 Å². The van der Waals surface area contributed by atoms with E-state index < -0.39 is 0 Å². The van der Waals surface area contributed by atoms with Crippen molar-refractivity contribution in [2.24, 2.45) is 0 Å². The number of ether oxygens (including phenoxy) is 1. The van der Waals surface area contributed by atoms with E-state index in [-0.39, 0.29) is 12.0 Å². The first-order valence-corrected chi connectivity index (χ1v) is 8.23. The van der Waals surface area contributed by atoms with Crippen molar-refractivity contribution in [2.75, 3.05) is 13.2 Å². The van der Waals surface area contributed by atoms with Gasteiger partial charge < -0.3 is 18.8 Å². The van der Waals surface area contributed by atoms with Crippen molar-refractivity contribution in [1.29, 1.82) is 0 Å². The van der Waals surface area contributed by atoms with Crippen molar-refractivity contribution in [3.63, 3.8) is 0 Å². The van der Waals surface area contributed by atoms with Gasteiger partial charge in [0.2, 0.25) is 0 Å². The molecule has 2 aliphatic rings. The molecule has 7 nitrogen and oxygen atoms in total. The number of carbonyl (C=O) groups is 1. The van der Waals surface area contributed by atoms with E-state index in [2.05, 4.69) is 19.3 Å². The van der Waals surface area contributed by atoms with Gasteiger partial charge in [-0.1, -0.05) is 0 Å². The van der Waals surface area contributed by atoms with Crippen LogP contribution in [-0.4, -0.2) is 49.4 Å². The zero-order valence-corrected chi connectivity index (χ0v) is 13.1. The highest BCUT2D eigenvalue weighted by molar-refractivity contribution is 5.81. The van der Waals surface area contributed by atoms with Crippen molar-refractivity contribution in [2.45, 2.75) is 45.0 Å². The summed E-state index contributed by atoms with van der Waals surface area (Å²) in [5.41, 5.74) is 0. The predicted molar refractivity (Wildman–Crippen MR) is 82.6 cm³/mol. The van der Waals surface area contributed by atoms with E-state index in [4.69, 9.17) is 4.74 Å². The molecule has 0 unspecified atom stereocenters. The van der Waals surface area contributed by atoms with Crippen molar-refractivity contribution in [3.8, 4) is 0 Å². The Hall–Kier alpha value is -2.15. The molecule has 0 aromatic carbocycles. The Balaban J connectivity index is 1.51. The predicted octanol–water partition coefficient (Wildman–Crippen LogP) is 1.04. The minimum Gasteiger partial charge on any atom is -0.368 e. The van der Waals surface area contributed by atoms with E-state index in [1.54, 1.807) is 0 Å². The van der Waals surface area contributed by atoms with Gasteiger partial charge in [-0.2, -0.15) is 0 Å². The van der Waals surface area contributed by atoms with Gasteiger partial charge in [0.05, 0.1) is 13.1 Å². The molecule has 0 bridgehead atoms. The minimum atomic E-state index is -0.260. The molecular weight excluding hydrogens is 294 g/mol. The highest BCUT2D eigenvalue weighted by Gasteiger charge is 2.30. The standard InChI is InChI=1S/C16H21N5O2/c22-16(13-5-3-10-23-13)20-8-4-9-21-14(17-18-15(21)12-20)11-19-6-1-2-7-19/h1-2,6-7,13H,3-5,8-12H2/t13-/m0/s1. The maximum atomic E-state index is 12.6. The number of hydrogen-bond donors (Lipinski definition) is 0.